The van der Waals surface area contributed by atoms with Crippen molar-refractivity contribution in [3.05, 3.63) is 24.0 Å². The van der Waals surface area contributed by atoms with Crippen LogP contribution in [0.3, 0.4) is 0 Å². The molecular formula is C11H15NO3. The third-order valence-corrected chi connectivity index (χ3v) is 2.20. The van der Waals surface area contributed by atoms with Crippen LogP contribution in [0.1, 0.15) is 37.7 Å². The van der Waals surface area contributed by atoms with Crippen LogP contribution in [0.25, 0.3) is 0 Å². The van der Waals surface area contributed by atoms with Gasteiger partial charge < -0.3 is 9.84 Å². The molecule has 0 saturated heterocycles. The summed E-state index contributed by atoms with van der Waals surface area (Å²) in [5, 5.41) is 8.75. The first kappa shape index (κ1) is 11.5. The van der Waals surface area contributed by atoms with E-state index >= 15 is 0 Å². The zero-order valence-corrected chi connectivity index (χ0v) is 9.15. The third kappa shape index (κ3) is 3.23. The van der Waals surface area contributed by atoms with Gasteiger partial charge in [0.2, 0.25) is 0 Å². The van der Waals surface area contributed by atoms with Gasteiger partial charge in [0.25, 0.3) is 0 Å². The lowest BCUT2D eigenvalue weighted by molar-refractivity contribution is 0.0686. The molecule has 0 amide bonds. The van der Waals surface area contributed by atoms with Crippen LogP contribution >= 0.6 is 0 Å². The number of hydrogen-bond acceptors (Lipinski definition) is 3. The van der Waals surface area contributed by atoms with E-state index in [0.717, 1.165) is 6.42 Å². The number of carbonyl (C=O) groups is 1. The van der Waals surface area contributed by atoms with Crippen molar-refractivity contribution in [3.63, 3.8) is 0 Å². The summed E-state index contributed by atoms with van der Waals surface area (Å²) < 4.78 is 5.64. The monoisotopic (exact) mass is 209 g/mol. The lowest BCUT2D eigenvalue weighted by Gasteiger charge is -2.24. The minimum absolute atomic E-state index is 0.000553. The zero-order chi connectivity index (χ0) is 11.5. The molecule has 1 N–H and O–H groups in total. The first-order valence-electron chi connectivity index (χ1n) is 4.83. The maximum absolute atomic E-state index is 10.7. The average Bonchev–Trinajstić information content (AvgIpc) is 2.17. The molecule has 0 aliphatic heterocycles. The molecule has 0 saturated carbocycles. The Balaban J connectivity index is 2.87. The van der Waals surface area contributed by atoms with Gasteiger partial charge in [-0.15, -0.1) is 0 Å². The van der Waals surface area contributed by atoms with E-state index < -0.39 is 5.97 Å². The van der Waals surface area contributed by atoms with E-state index in [1.54, 1.807) is 6.07 Å². The van der Waals surface area contributed by atoms with Crippen molar-refractivity contribution in [2.45, 2.75) is 32.8 Å². The largest absolute Gasteiger partial charge is 0.488 e. The second-order valence-electron chi connectivity index (χ2n) is 3.90. The predicted octanol–water partition coefficient (Wildman–Crippen LogP) is 2.35. The molecule has 0 radical (unpaired) electrons. The van der Waals surface area contributed by atoms with Crippen molar-refractivity contribution in [1.82, 2.24) is 4.98 Å². The predicted molar refractivity (Wildman–Crippen MR) is 56.2 cm³/mol. The van der Waals surface area contributed by atoms with Crippen molar-refractivity contribution in [1.29, 1.82) is 0 Å². The molecule has 4 heteroatoms. The quantitative estimate of drug-likeness (QED) is 0.826. The van der Waals surface area contributed by atoms with Gasteiger partial charge in [-0.2, -0.15) is 0 Å². The van der Waals surface area contributed by atoms with Crippen LogP contribution in [0, 0.1) is 0 Å². The Morgan fingerprint density at radius 2 is 2.27 bits per heavy atom. The van der Waals surface area contributed by atoms with Crippen LogP contribution < -0.4 is 4.74 Å². The molecule has 1 heterocycles. The molecule has 0 atom stereocenters. The van der Waals surface area contributed by atoms with Crippen LogP contribution in [0.4, 0.5) is 0 Å². The molecule has 0 aromatic carbocycles. The second-order valence-corrected chi connectivity index (χ2v) is 3.90. The highest BCUT2D eigenvalue weighted by Crippen LogP contribution is 2.20. The standard InChI is InChI=1S/C11H15NO3/c1-4-11(2,3)15-8-5-6-12-9(7-8)10(13)14/h5-7H,4H2,1-3H3,(H,13,14). The van der Waals surface area contributed by atoms with Gasteiger partial charge in [-0.05, 0) is 26.3 Å². The van der Waals surface area contributed by atoms with Crippen molar-refractivity contribution < 1.29 is 14.6 Å². The van der Waals surface area contributed by atoms with Gasteiger partial charge in [0.05, 0.1) is 0 Å². The molecule has 0 unspecified atom stereocenters. The molecular weight excluding hydrogens is 194 g/mol. The normalized spacial score (nSPS) is 11.1. The van der Waals surface area contributed by atoms with Crippen LogP contribution in [0.2, 0.25) is 0 Å². The smallest absolute Gasteiger partial charge is 0.354 e. The molecule has 15 heavy (non-hydrogen) atoms. The fourth-order valence-corrected chi connectivity index (χ4v) is 0.983. The average molecular weight is 209 g/mol. The number of rotatable bonds is 4. The summed E-state index contributed by atoms with van der Waals surface area (Å²) in [4.78, 5) is 14.4. The molecule has 0 spiro atoms. The molecule has 0 aliphatic carbocycles. The van der Waals surface area contributed by atoms with Crippen molar-refractivity contribution in [2.24, 2.45) is 0 Å². The summed E-state index contributed by atoms with van der Waals surface area (Å²) in [6, 6.07) is 3.09. The second kappa shape index (κ2) is 4.29. The molecule has 1 rings (SSSR count). The number of ether oxygens (including phenoxy) is 1. The molecule has 82 valence electrons. The van der Waals surface area contributed by atoms with Gasteiger partial charge in [-0.25, -0.2) is 9.78 Å². The molecule has 0 bridgehead atoms. The Labute approximate surface area is 88.9 Å². The van der Waals surface area contributed by atoms with Crippen molar-refractivity contribution >= 4 is 5.97 Å². The number of carboxylic acid groups (broad SMARTS) is 1. The highest BCUT2D eigenvalue weighted by molar-refractivity contribution is 5.85. The number of pyridine rings is 1. The van der Waals surface area contributed by atoms with Crippen LogP contribution in [0.15, 0.2) is 18.3 Å². The molecule has 0 fully saturated rings. The van der Waals surface area contributed by atoms with Crippen LogP contribution in [0.5, 0.6) is 5.75 Å². The minimum atomic E-state index is -1.05. The van der Waals surface area contributed by atoms with Crippen molar-refractivity contribution in [3.8, 4) is 5.75 Å². The van der Waals surface area contributed by atoms with Gasteiger partial charge in [0.1, 0.15) is 11.4 Å². The van der Waals surface area contributed by atoms with E-state index in [2.05, 4.69) is 4.98 Å². The SMILES string of the molecule is CCC(C)(C)Oc1ccnc(C(=O)O)c1. The van der Waals surface area contributed by atoms with Gasteiger partial charge in [0, 0.05) is 12.3 Å². The topological polar surface area (TPSA) is 59.4 Å². The summed E-state index contributed by atoms with van der Waals surface area (Å²) in [5.74, 6) is -0.510. The fourth-order valence-electron chi connectivity index (χ4n) is 0.983. The first-order chi connectivity index (χ1) is 6.94. The van der Waals surface area contributed by atoms with Gasteiger partial charge >= 0.3 is 5.97 Å². The maximum Gasteiger partial charge on any atom is 0.354 e. The number of hydrogen-bond donors (Lipinski definition) is 1. The van der Waals surface area contributed by atoms with Gasteiger partial charge in [-0.1, -0.05) is 6.92 Å². The van der Waals surface area contributed by atoms with Crippen molar-refractivity contribution in [2.75, 3.05) is 0 Å². The minimum Gasteiger partial charge on any atom is -0.488 e. The highest BCUT2D eigenvalue weighted by atomic mass is 16.5. The lowest BCUT2D eigenvalue weighted by atomic mass is 10.1. The van der Waals surface area contributed by atoms with Crippen LogP contribution in [-0.2, 0) is 0 Å². The summed E-state index contributed by atoms with van der Waals surface area (Å²) in [6.07, 6.45) is 2.28. The van der Waals surface area contributed by atoms with E-state index in [4.69, 9.17) is 9.84 Å². The molecule has 0 aliphatic rings. The number of aromatic carboxylic acids is 1. The first-order valence-corrected chi connectivity index (χ1v) is 4.83. The summed E-state index contributed by atoms with van der Waals surface area (Å²) in [7, 11) is 0. The van der Waals surface area contributed by atoms with E-state index in [9.17, 15) is 4.79 Å². The summed E-state index contributed by atoms with van der Waals surface area (Å²) in [6.45, 7) is 5.92. The van der Waals surface area contributed by atoms with E-state index in [0.29, 0.717) is 5.75 Å². The molecule has 1 aromatic heterocycles. The lowest BCUT2D eigenvalue weighted by Crippen LogP contribution is -2.26. The Bertz CT molecular complexity index is 361. The molecule has 4 nitrogen and oxygen atoms in total. The Kier molecular flexibility index (Phi) is 3.29. The van der Waals surface area contributed by atoms with Crippen LogP contribution in [-0.4, -0.2) is 21.7 Å². The Hall–Kier alpha value is -1.58. The zero-order valence-electron chi connectivity index (χ0n) is 9.15. The highest BCUT2D eigenvalue weighted by Gasteiger charge is 2.17. The van der Waals surface area contributed by atoms with E-state index in [-0.39, 0.29) is 11.3 Å². The van der Waals surface area contributed by atoms with E-state index in [1.807, 2.05) is 20.8 Å². The van der Waals surface area contributed by atoms with Gasteiger partial charge in [0.15, 0.2) is 5.69 Å². The number of carboxylic acids is 1. The Morgan fingerprint density at radius 1 is 1.60 bits per heavy atom. The number of aromatic nitrogens is 1. The fraction of sp³-hybridized carbons (Fsp3) is 0.455. The van der Waals surface area contributed by atoms with Gasteiger partial charge in [-0.3, -0.25) is 0 Å². The number of nitrogens with zero attached hydrogens (tertiary/aromatic N) is 1. The van der Waals surface area contributed by atoms with E-state index in [1.165, 1.54) is 12.3 Å². The molecule has 1 aromatic rings. The Morgan fingerprint density at radius 3 is 2.80 bits per heavy atom. The summed E-state index contributed by atoms with van der Waals surface area (Å²) in [5.41, 5.74) is -0.295. The third-order valence-electron chi connectivity index (χ3n) is 2.20. The summed E-state index contributed by atoms with van der Waals surface area (Å²) >= 11 is 0. The maximum atomic E-state index is 10.7.